The molecule has 0 radical (unpaired) electrons. The highest BCUT2D eigenvalue weighted by Gasteiger charge is 2.15. The molecule has 0 aliphatic rings. The van der Waals surface area contributed by atoms with Crippen LogP contribution in [-0.4, -0.2) is 22.6 Å². The summed E-state index contributed by atoms with van der Waals surface area (Å²) in [4.78, 5) is 12.1. The molecule has 0 bridgehead atoms. The first kappa shape index (κ1) is 15.0. The molecule has 0 saturated heterocycles. The highest BCUT2D eigenvalue weighted by Crippen LogP contribution is 2.16. The Morgan fingerprint density at radius 1 is 1.29 bits per heavy atom. The Labute approximate surface area is 124 Å². The van der Waals surface area contributed by atoms with E-state index in [4.69, 9.17) is 4.42 Å². The molecule has 6 heteroatoms. The molecule has 0 aliphatic carbocycles. The van der Waals surface area contributed by atoms with E-state index >= 15 is 0 Å². The van der Waals surface area contributed by atoms with Crippen molar-refractivity contribution in [2.75, 3.05) is 11.9 Å². The van der Waals surface area contributed by atoms with E-state index in [9.17, 15) is 4.79 Å². The molecular weight excluding hydrogens is 268 g/mol. The minimum Gasteiger partial charge on any atom is -0.464 e. The minimum absolute atomic E-state index is 0.217. The van der Waals surface area contributed by atoms with Crippen LogP contribution >= 0.6 is 0 Å². The normalized spacial score (nSPS) is 12.0. The molecule has 0 saturated carbocycles. The third kappa shape index (κ3) is 4.05. The van der Waals surface area contributed by atoms with Gasteiger partial charge in [-0.1, -0.05) is 6.92 Å². The van der Waals surface area contributed by atoms with E-state index in [1.165, 1.54) is 0 Å². The Hall–Kier alpha value is -2.37. The maximum Gasteiger partial charge on any atom is 0.272 e. The first-order chi connectivity index (χ1) is 10.1. The summed E-state index contributed by atoms with van der Waals surface area (Å²) in [6.45, 7) is 6.63. The van der Waals surface area contributed by atoms with Crippen LogP contribution in [0.1, 0.15) is 48.3 Å². The number of nitrogens with one attached hydrogen (secondary N) is 2. The van der Waals surface area contributed by atoms with Crippen molar-refractivity contribution in [2.24, 2.45) is 0 Å². The first-order valence-electron chi connectivity index (χ1n) is 7.05. The average Bonchev–Trinajstić information content (AvgIpc) is 2.92. The standard InChI is InChI=1S/C15H20N4O2/c1-4-9-16-14-8-6-12(18-19-14)15(20)17-11(3)13-7-5-10(2)21-13/h5-8,11H,4,9H2,1-3H3,(H,16,19)(H,17,20). The van der Waals surface area contributed by atoms with Gasteiger partial charge in [0.05, 0.1) is 6.04 Å². The molecule has 0 fully saturated rings. The maximum atomic E-state index is 12.1. The molecule has 0 aliphatic heterocycles. The van der Waals surface area contributed by atoms with Crippen LogP contribution < -0.4 is 10.6 Å². The number of amides is 1. The second kappa shape index (κ2) is 6.88. The molecule has 112 valence electrons. The average molecular weight is 288 g/mol. The zero-order chi connectivity index (χ0) is 15.2. The molecule has 2 aromatic rings. The number of aromatic nitrogens is 2. The van der Waals surface area contributed by atoms with Crippen LogP contribution in [0, 0.1) is 6.92 Å². The summed E-state index contributed by atoms with van der Waals surface area (Å²) >= 11 is 0. The molecule has 0 aromatic carbocycles. The quantitative estimate of drug-likeness (QED) is 0.854. The van der Waals surface area contributed by atoms with Crippen LogP contribution in [-0.2, 0) is 0 Å². The van der Waals surface area contributed by atoms with Gasteiger partial charge in [-0.2, -0.15) is 0 Å². The fourth-order valence-electron chi connectivity index (χ4n) is 1.83. The molecule has 2 aromatic heterocycles. The predicted octanol–water partition coefficient (Wildman–Crippen LogP) is 2.69. The number of hydrogen-bond acceptors (Lipinski definition) is 5. The van der Waals surface area contributed by atoms with Gasteiger partial charge in [-0.25, -0.2) is 0 Å². The molecule has 2 rings (SSSR count). The van der Waals surface area contributed by atoms with Crippen molar-refractivity contribution >= 4 is 11.7 Å². The summed E-state index contributed by atoms with van der Waals surface area (Å²) in [6, 6.07) is 6.90. The van der Waals surface area contributed by atoms with E-state index in [1.807, 2.05) is 26.0 Å². The van der Waals surface area contributed by atoms with Gasteiger partial charge in [-0.3, -0.25) is 4.79 Å². The van der Waals surface area contributed by atoms with Crippen molar-refractivity contribution in [1.29, 1.82) is 0 Å². The summed E-state index contributed by atoms with van der Waals surface area (Å²) in [5, 5.41) is 13.8. The van der Waals surface area contributed by atoms with Gasteiger partial charge in [0.25, 0.3) is 5.91 Å². The number of hydrogen-bond donors (Lipinski definition) is 2. The highest BCUT2D eigenvalue weighted by atomic mass is 16.3. The van der Waals surface area contributed by atoms with Crippen LogP contribution in [0.3, 0.4) is 0 Å². The third-order valence-electron chi connectivity index (χ3n) is 2.99. The number of rotatable bonds is 6. The number of aryl methyl sites for hydroxylation is 1. The second-order valence-corrected chi connectivity index (χ2v) is 4.87. The number of anilines is 1. The molecule has 1 amide bonds. The highest BCUT2D eigenvalue weighted by molar-refractivity contribution is 5.92. The number of carbonyl (C=O) groups is 1. The van der Waals surface area contributed by atoms with E-state index in [-0.39, 0.29) is 17.6 Å². The molecule has 1 atom stereocenters. The van der Waals surface area contributed by atoms with Gasteiger partial charge >= 0.3 is 0 Å². The van der Waals surface area contributed by atoms with Crippen molar-refractivity contribution in [1.82, 2.24) is 15.5 Å². The van der Waals surface area contributed by atoms with E-state index in [0.29, 0.717) is 5.82 Å². The largest absolute Gasteiger partial charge is 0.464 e. The van der Waals surface area contributed by atoms with Gasteiger partial charge in [0.15, 0.2) is 5.69 Å². The van der Waals surface area contributed by atoms with Gasteiger partial charge in [0, 0.05) is 6.54 Å². The van der Waals surface area contributed by atoms with E-state index in [0.717, 1.165) is 24.5 Å². The number of furan rings is 1. The third-order valence-corrected chi connectivity index (χ3v) is 2.99. The van der Waals surface area contributed by atoms with Crippen LogP contribution in [0.15, 0.2) is 28.7 Å². The summed E-state index contributed by atoms with van der Waals surface area (Å²) < 4.78 is 5.48. The Morgan fingerprint density at radius 2 is 2.10 bits per heavy atom. The van der Waals surface area contributed by atoms with E-state index in [1.54, 1.807) is 12.1 Å². The summed E-state index contributed by atoms with van der Waals surface area (Å²) in [5.74, 6) is 1.93. The maximum absolute atomic E-state index is 12.1. The summed E-state index contributed by atoms with van der Waals surface area (Å²) in [6.07, 6.45) is 1.00. The SMILES string of the molecule is CCCNc1ccc(C(=O)NC(C)c2ccc(C)o2)nn1. The van der Waals surface area contributed by atoms with Gasteiger partial charge in [0.2, 0.25) is 0 Å². The minimum atomic E-state index is -0.272. The van der Waals surface area contributed by atoms with Crippen molar-refractivity contribution in [2.45, 2.75) is 33.2 Å². The van der Waals surface area contributed by atoms with Crippen LogP contribution in [0.2, 0.25) is 0 Å². The Balaban J connectivity index is 1.96. The lowest BCUT2D eigenvalue weighted by atomic mass is 10.2. The topological polar surface area (TPSA) is 80.0 Å². The van der Waals surface area contributed by atoms with Crippen molar-refractivity contribution < 1.29 is 9.21 Å². The molecule has 2 N–H and O–H groups in total. The van der Waals surface area contributed by atoms with Gasteiger partial charge < -0.3 is 15.1 Å². The fourth-order valence-corrected chi connectivity index (χ4v) is 1.83. The van der Waals surface area contributed by atoms with Crippen molar-refractivity contribution in [3.8, 4) is 0 Å². The zero-order valence-electron chi connectivity index (χ0n) is 12.5. The van der Waals surface area contributed by atoms with Crippen LogP contribution in [0.25, 0.3) is 0 Å². The molecule has 1 unspecified atom stereocenters. The lowest BCUT2D eigenvalue weighted by Crippen LogP contribution is -2.27. The Bertz CT molecular complexity index is 592. The lowest BCUT2D eigenvalue weighted by Gasteiger charge is -2.11. The lowest BCUT2D eigenvalue weighted by molar-refractivity contribution is 0.0929. The number of carbonyl (C=O) groups excluding carboxylic acids is 1. The molecular formula is C15H20N4O2. The Kier molecular flexibility index (Phi) is 4.92. The van der Waals surface area contributed by atoms with Crippen molar-refractivity contribution in [3.05, 3.63) is 41.5 Å². The smallest absolute Gasteiger partial charge is 0.272 e. The van der Waals surface area contributed by atoms with E-state index < -0.39 is 0 Å². The fraction of sp³-hybridized carbons (Fsp3) is 0.400. The predicted molar refractivity (Wildman–Crippen MR) is 80.1 cm³/mol. The second-order valence-electron chi connectivity index (χ2n) is 4.87. The summed E-state index contributed by atoms with van der Waals surface area (Å²) in [7, 11) is 0. The Morgan fingerprint density at radius 3 is 2.67 bits per heavy atom. The van der Waals surface area contributed by atoms with E-state index in [2.05, 4.69) is 27.8 Å². The van der Waals surface area contributed by atoms with Gasteiger partial charge in [0.1, 0.15) is 17.3 Å². The molecule has 21 heavy (non-hydrogen) atoms. The van der Waals surface area contributed by atoms with Crippen LogP contribution in [0.5, 0.6) is 0 Å². The molecule has 2 heterocycles. The van der Waals surface area contributed by atoms with Crippen LogP contribution in [0.4, 0.5) is 5.82 Å². The van der Waals surface area contributed by atoms with Crippen molar-refractivity contribution in [3.63, 3.8) is 0 Å². The molecule has 0 spiro atoms. The zero-order valence-corrected chi connectivity index (χ0v) is 12.5. The number of nitrogens with zero attached hydrogens (tertiary/aromatic N) is 2. The van der Waals surface area contributed by atoms with Gasteiger partial charge in [-0.05, 0) is 44.5 Å². The summed E-state index contributed by atoms with van der Waals surface area (Å²) in [5.41, 5.74) is 0.284. The first-order valence-corrected chi connectivity index (χ1v) is 7.05. The monoisotopic (exact) mass is 288 g/mol. The van der Waals surface area contributed by atoms with Gasteiger partial charge in [-0.15, -0.1) is 10.2 Å². The molecule has 6 nitrogen and oxygen atoms in total.